The molecular formula is C15H21NO4S. The van der Waals surface area contributed by atoms with Gasteiger partial charge in [-0.15, -0.1) is 0 Å². The fourth-order valence-corrected chi connectivity index (χ4v) is 3.66. The minimum atomic E-state index is -0.899. The van der Waals surface area contributed by atoms with E-state index in [4.69, 9.17) is 0 Å². The molecule has 0 bridgehead atoms. The molecule has 0 radical (unpaired) electrons. The van der Waals surface area contributed by atoms with E-state index >= 15 is 0 Å². The van der Waals surface area contributed by atoms with Crippen LogP contribution in [0.5, 0.6) is 0 Å². The number of hydrogen-bond donors (Lipinski definition) is 3. The van der Waals surface area contributed by atoms with Crippen molar-refractivity contribution in [2.45, 2.75) is 32.3 Å². The Kier molecular flexibility index (Phi) is 5.36. The van der Waals surface area contributed by atoms with Gasteiger partial charge in [-0.3, -0.25) is 9.59 Å². The van der Waals surface area contributed by atoms with Crippen molar-refractivity contribution in [2.75, 3.05) is 6.54 Å². The summed E-state index contributed by atoms with van der Waals surface area (Å²) in [5, 5.41) is 25.6. The van der Waals surface area contributed by atoms with Crippen LogP contribution in [-0.2, 0) is 9.59 Å². The quantitative estimate of drug-likeness (QED) is 0.750. The molecule has 116 valence electrons. The van der Waals surface area contributed by atoms with Crippen molar-refractivity contribution in [3.63, 3.8) is 0 Å². The highest BCUT2D eigenvalue weighted by molar-refractivity contribution is 7.07. The molecule has 0 saturated heterocycles. The molecule has 1 aromatic rings. The van der Waals surface area contributed by atoms with Crippen molar-refractivity contribution in [3.8, 4) is 0 Å². The summed E-state index contributed by atoms with van der Waals surface area (Å²) in [6.45, 7) is 2.14. The van der Waals surface area contributed by atoms with Crippen LogP contribution < -0.4 is 5.32 Å². The van der Waals surface area contributed by atoms with Crippen LogP contribution >= 0.6 is 11.3 Å². The molecule has 0 aromatic carbocycles. The smallest absolute Gasteiger partial charge is 0.307 e. The first-order chi connectivity index (χ1) is 10.0. The number of rotatable bonds is 6. The highest BCUT2D eigenvalue weighted by Gasteiger charge is 2.42. The van der Waals surface area contributed by atoms with Crippen LogP contribution in [0.25, 0.3) is 0 Å². The lowest BCUT2D eigenvalue weighted by Gasteiger charge is -2.17. The number of hydrogen-bond acceptors (Lipinski definition) is 4. The summed E-state index contributed by atoms with van der Waals surface area (Å²) < 4.78 is 0. The van der Waals surface area contributed by atoms with Crippen molar-refractivity contribution in [1.29, 1.82) is 0 Å². The first-order valence-electron chi connectivity index (χ1n) is 7.23. The lowest BCUT2D eigenvalue weighted by atomic mass is 9.95. The third-order valence-electron chi connectivity index (χ3n) is 4.29. The van der Waals surface area contributed by atoms with Crippen LogP contribution in [-0.4, -0.2) is 28.6 Å². The lowest BCUT2D eigenvalue weighted by Crippen LogP contribution is -2.37. The summed E-state index contributed by atoms with van der Waals surface area (Å²) in [4.78, 5) is 23.5. The molecule has 4 atom stereocenters. The molecule has 21 heavy (non-hydrogen) atoms. The average molecular weight is 311 g/mol. The average Bonchev–Trinajstić information content (AvgIpc) is 3.12. The van der Waals surface area contributed by atoms with Gasteiger partial charge in [0.15, 0.2) is 0 Å². The maximum absolute atomic E-state index is 12.2. The SMILES string of the molecule is CCC1CC(C(=O)O)C(C(=O)NCC(O)c2ccsc2)C1. The molecule has 1 aliphatic rings. The van der Waals surface area contributed by atoms with Gasteiger partial charge in [-0.05, 0) is 41.1 Å². The van der Waals surface area contributed by atoms with Gasteiger partial charge in [0.25, 0.3) is 0 Å². The predicted molar refractivity (Wildman–Crippen MR) is 79.9 cm³/mol. The summed E-state index contributed by atoms with van der Waals surface area (Å²) in [7, 11) is 0. The summed E-state index contributed by atoms with van der Waals surface area (Å²) in [6, 6.07) is 1.81. The Balaban J connectivity index is 1.91. The predicted octanol–water partition coefficient (Wildman–Crippen LogP) is 2.03. The van der Waals surface area contributed by atoms with Gasteiger partial charge in [0.1, 0.15) is 0 Å². The van der Waals surface area contributed by atoms with Crippen molar-refractivity contribution in [1.82, 2.24) is 5.32 Å². The molecule has 2 rings (SSSR count). The summed E-state index contributed by atoms with van der Waals surface area (Å²) in [5.74, 6) is -1.95. The second kappa shape index (κ2) is 7.04. The van der Waals surface area contributed by atoms with E-state index in [1.165, 1.54) is 11.3 Å². The topological polar surface area (TPSA) is 86.6 Å². The fraction of sp³-hybridized carbons (Fsp3) is 0.600. The van der Waals surface area contributed by atoms with Crippen LogP contribution in [0.1, 0.15) is 37.9 Å². The summed E-state index contributed by atoms with van der Waals surface area (Å²) in [5.41, 5.74) is 0.771. The second-order valence-electron chi connectivity index (χ2n) is 5.61. The largest absolute Gasteiger partial charge is 0.481 e. The van der Waals surface area contributed by atoms with Crippen LogP contribution in [0.15, 0.2) is 16.8 Å². The van der Waals surface area contributed by atoms with Gasteiger partial charge in [0, 0.05) is 6.54 Å². The number of thiophene rings is 1. The van der Waals surface area contributed by atoms with Crippen LogP contribution in [0.4, 0.5) is 0 Å². The minimum Gasteiger partial charge on any atom is -0.481 e. The van der Waals surface area contributed by atoms with Crippen LogP contribution in [0.2, 0.25) is 0 Å². The van der Waals surface area contributed by atoms with Gasteiger partial charge in [-0.1, -0.05) is 13.3 Å². The number of carbonyl (C=O) groups is 2. The summed E-state index contributed by atoms with van der Waals surface area (Å²) in [6.07, 6.45) is 1.34. The first kappa shape index (κ1) is 16.0. The third-order valence-corrected chi connectivity index (χ3v) is 4.99. The highest BCUT2D eigenvalue weighted by Crippen LogP contribution is 2.38. The number of nitrogens with one attached hydrogen (secondary N) is 1. The molecule has 0 aliphatic heterocycles. The summed E-state index contributed by atoms with van der Waals surface area (Å²) >= 11 is 1.48. The number of carbonyl (C=O) groups excluding carboxylic acids is 1. The Morgan fingerprint density at radius 2 is 2.14 bits per heavy atom. The number of aliphatic hydroxyl groups is 1. The Morgan fingerprint density at radius 1 is 1.43 bits per heavy atom. The number of aliphatic carboxylic acids is 1. The Hall–Kier alpha value is -1.40. The van der Waals surface area contributed by atoms with E-state index in [9.17, 15) is 19.8 Å². The van der Waals surface area contributed by atoms with Gasteiger partial charge in [-0.25, -0.2) is 0 Å². The lowest BCUT2D eigenvalue weighted by molar-refractivity contribution is -0.146. The van der Waals surface area contributed by atoms with E-state index in [0.717, 1.165) is 12.0 Å². The standard InChI is InChI=1S/C15H21NO4S/c1-2-9-5-11(12(6-9)15(19)20)14(18)16-7-13(17)10-3-4-21-8-10/h3-4,8-9,11-13,17H,2,5-7H2,1H3,(H,16,18)(H,19,20). The zero-order valence-electron chi connectivity index (χ0n) is 12.0. The van der Waals surface area contributed by atoms with Gasteiger partial charge < -0.3 is 15.5 Å². The van der Waals surface area contributed by atoms with E-state index in [1.54, 1.807) is 0 Å². The molecule has 5 nitrogen and oxygen atoms in total. The Morgan fingerprint density at radius 3 is 2.71 bits per heavy atom. The number of carboxylic acids is 1. The molecular weight excluding hydrogens is 290 g/mol. The van der Waals surface area contributed by atoms with E-state index < -0.39 is 23.9 Å². The van der Waals surface area contributed by atoms with E-state index in [2.05, 4.69) is 5.32 Å². The van der Waals surface area contributed by atoms with Crippen LogP contribution in [0, 0.1) is 17.8 Å². The second-order valence-corrected chi connectivity index (χ2v) is 6.39. The van der Waals surface area contributed by atoms with Crippen LogP contribution in [0.3, 0.4) is 0 Å². The molecule has 1 saturated carbocycles. The molecule has 1 amide bonds. The van der Waals surface area contributed by atoms with Crippen molar-refractivity contribution < 1.29 is 19.8 Å². The monoisotopic (exact) mass is 311 g/mol. The Bertz CT molecular complexity index is 488. The van der Waals surface area contributed by atoms with Gasteiger partial charge in [0.05, 0.1) is 17.9 Å². The molecule has 3 N–H and O–H groups in total. The van der Waals surface area contributed by atoms with E-state index in [0.29, 0.717) is 18.8 Å². The number of amides is 1. The Labute approximate surface area is 128 Å². The van der Waals surface area contributed by atoms with Gasteiger partial charge >= 0.3 is 5.97 Å². The first-order valence-corrected chi connectivity index (χ1v) is 8.17. The number of aliphatic hydroxyl groups excluding tert-OH is 1. The maximum atomic E-state index is 12.2. The minimum absolute atomic E-state index is 0.120. The van der Waals surface area contributed by atoms with Gasteiger partial charge in [0.2, 0.25) is 5.91 Å². The maximum Gasteiger partial charge on any atom is 0.307 e. The van der Waals surface area contributed by atoms with Crippen molar-refractivity contribution >= 4 is 23.2 Å². The zero-order valence-corrected chi connectivity index (χ0v) is 12.8. The molecule has 1 fully saturated rings. The highest BCUT2D eigenvalue weighted by atomic mass is 32.1. The molecule has 0 spiro atoms. The van der Waals surface area contributed by atoms with E-state index in [1.807, 2.05) is 23.8 Å². The fourth-order valence-electron chi connectivity index (χ4n) is 2.95. The zero-order chi connectivity index (χ0) is 15.4. The molecule has 1 aliphatic carbocycles. The normalized spacial score (nSPS) is 26.5. The van der Waals surface area contributed by atoms with Crippen molar-refractivity contribution in [2.24, 2.45) is 17.8 Å². The molecule has 4 unspecified atom stereocenters. The van der Waals surface area contributed by atoms with E-state index in [-0.39, 0.29) is 12.5 Å². The van der Waals surface area contributed by atoms with Crippen molar-refractivity contribution in [3.05, 3.63) is 22.4 Å². The number of carboxylic acid groups (broad SMARTS) is 1. The molecule has 6 heteroatoms. The van der Waals surface area contributed by atoms with Gasteiger partial charge in [-0.2, -0.15) is 11.3 Å². The molecule has 1 heterocycles. The third kappa shape index (κ3) is 3.83. The molecule has 1 aromatic heterocycles.